The van der Waals surface area contributed by atoms with E-state index in [0.717, 1.165) is 18.8 Å². The van der Waals surface area contributed by atoms with Gasteiger partial charge in [0.15, 0.2) is 0 Å². The Morgan fingerprint density at radius 1 is 1.00 bits per heavy atom. The molecule has 0 amide bonds. The Kier molecular flexibility index (Phi) is 5.71. The molecule has 2 nitrogen and oxygen atoms in total. The van der Waals surface area contributed by atoms with Gasteiger partial charge in [-0.3, -0.25) is 0 Å². The standard InChI is InChI=1S/C17H27NO/c1-15-8-9-17(14-16(15)2)19-13-7-6-12-18-10-4-3-5-11-18/h8-9,14H,3-7,10-13H2,1-2H3. The van der Waals surface area contributed by atoms with Crippen molar-refractivity contribution in [1.29, 1.82) is 0 Å². The number of aryl methyl sites for hydroxylation is 2. The van der Waals surface area contributed by atoms with E-state index in [1.54, 1.807) is 0 Å². The second-order valence-electron chi connectivity index (χ2n) is 5.70. The van der Waals surface area contributed by atoms with Crippen LogP contribution in [-0.2, 0) is 0 Å². The number of unbranched alkanes of at least 4 members (excludes halogenated alkanes) is 1. The monoisotopic (exact) mass is 261 g/mol. The summed E-state index contributed by atoms with van der Waals surface area (Å²) in [6.07, 6.45) is 6.61. The zero-order chi connectivity index (χ0) is 13.5. The molecule has 1 aromatic carbocycles. The second-order valence-corrected chi connectivity index (χ2v) is 5.70. The summed E-state index contributed by atoms with van der Waals surface area (Å²) >= 11 is 0. The van der Waals surface area contributed by atoms with Gasteiger partial charge in [0.25, 0.3) is 0 Å². The molecule has 1 aromatic rings. The third-order valence-electron chi connectivity index (χ3n) is 4.06. The van der Waals surface area contributed by atoms with E-state index in [-0.39, 0.29) is 0 Å². The van der Waals surface area contributed by atoms with Crippen LogP contribution in [0.3, 0.4) is 0 Å². The van der Waals surface area contributed by atoms with E-state index < -0.39 is 0 Å². The third kappa shape index (κ3) is 4.87. The summed E-state index contributed by atoms with van der Waals surface area (Å²) in [7, 11) is 0. The number of piperidine rings is 1. The highest BCUT2D eigenvalue weighted by atomic mass is 16.5. The number of benzene rings is 1. The smallest absolute Gasteiger partial charge is 0.119 e. The first-order chi connectivity index (χ1) is 9.25. The summed E-state index contributed by atoms with van der Waals surface area (Å²) in [6, 6.07) is 6.35. The molecule has 106 valence electrons. The SMILES string of the molecule is Cc1ccc(OCCCCN2CCCCC2)cc1C. The van der Waals surface area contributed by atoms with E-state index in [1.807, 2.05) is 0 Å². The minimum Gasteiger partial charge on any atom is -0.494 e. The number of likely N-dealkylation sites (tertiary alicyclic amines) is 1. The van der Waals surface area contributed by atoms with Crippen molar-refractivity contribution in [2.45, 2.75) is 46.0 Å². The number of rotatable bonds is 6. The molecule has 2 rings (SSSR count). The molecule has 1 aliphatic heterocycles. The van der Waals surface area contributed by atoms with E-state index in [0.29, 0.717) is 0 Å². The van der Waals surface area contributed by atoms with Gasteiger partial charge in [-0.15, -0.1) is 0 Å². The molecular weight excluding hydrogens is 234 g/mol. The van der Waals surface area contributed by atoms with Crippen molar-refractivity contribution in [3.05, 3.63) is 29.3 Å². The molecule has 0 radical (unpaired) electrons. The number of ether oxygens (including phenoxy) is 1. The van der Waals surface area contributed by atoms with E-state index in [4.69, 9.17) is 4.74 Å². The van der Waals surface area contributed by atoms with Crippen LogP contribution in [0.4, 0.5) is 0 Å². The second kappa shape index (κ2) is 7.54. The first-order valence-corrected chi connectivity index (χ1v) is 7.68. The maximum absolute atomic E-state index is 5.81. The molecule has 0 bridgehead atoms. The lowest BCUT2D eigenvalue weighted by Gasteiger charge is -2.26. The summed E-state index contributed by atoms with van der Waals surface area (Å²) in [4.78, 5) is 2.60. The van der Waals surface area contributed by atoms with Gasteiger partial charge in [0.05, 0.1) is 6.61 Å². The van der Waals surface area contributed by atoms with Crippen molar-refractivity contribution in [2.75, 3.05) is 26.2 Å². The zero-order valence-electron chi connectivity index (χ0n) is 12.5. The summed E-state index contributed by atoms with van der Waals surface area (Å²) in [5.74, 6) is 1.01. The van der Waals surface area contributed by atoms with Crippen molar-refractivity contribution in [3.63, 3.8) is 0 Å². The average molecular weight is 261 g/mol. The molecule has 0 N–H and O–H groups in total. The Morgan fingerprint density at radius 2 is 1.79 bits per heavy atom. The summed E-state index contributed by atoms with van der Waals surface area (Å²) < 4.78 is 5.81. The maximum Gasteiger partial charge on any atom is 0.119 e. The van der Waals surface area contributed by atoms with E-state index in [1.165, 1.54) is 56.4 Å². The predicted molar refractivity (Wildman–Crippen MR) is 80.9 cm³/mol. The molecule has 1 aliphatic rings. The van der Waals surface area contributed by atoms with Gasteiger partial charge in [-0.1, -0.05) is 12.5 Å². The fourth-order valence-corrected chi connectivity index (χ4v) is 2.61. The van der Waals surface area contributed by atoms with Crippen LogP contribution in [0, 0.1) is 13.8 Å². The molecular formula is C17H27NO. The molecule has 0 aromatic heterocycles. The van der Waals surface area contributed by atoms with Crippen LogP contribution in [0.5, 0.6) is 5.75 Å². The summed E-state index contributed by atoms with van der Waals surface area (Å²) in [6.45, 7) is 8.97. The number of hydrogen-bond donors (Lipinski definition) is 0. The van der Waals surface area contributed by atoms with Crippen LogP contribution in [0.1, 0.15) is 43.2 Å². The lowest BCUT2D eigenvalue weighted by Crippen LogP contribution is -2.30. The maximum atomic E-state index is 5.81. The Balaban J connectivity index is 1.59. The quantitative estimate of drug-likeness (QED) is 0.719. The van der Waals surface area contributed by atoms with Crippen LogP contribution in [0.2, 0.25) is 0 Å². The highest BCUT2D eigenvalue weighted by Gasteiger charge is 2.08. The third-order valence-corrected chi connectivity index (χ3v) is 4.06. The van der Waals surface area contributed by atoms with Crippen molar-refractivity contribution in [1.82, 2.24) is 4.90 Å². The predicted octanol–water partition coefficient (Wildman–Crippen LogP) is 3.95. The number of nitrogens with zero attached hydrogens (tertiary/aromatic N) is 1. The normalized spacial score (nSPS) is 16.5. The molecule has 1 saturated heterocycles. The van der Waals surface area contributed by atoms with Crippen LogP contribution >= 0.6 is 0 Å². The fraction of sp³-hybridized carbons (Fsp3) is 0.647. The van der Waals surface area contributed by atoms with Gasteiger partial charge in [-0.25, -0.2) is 0 Å². The van der Waals surface area contributed by atoms with Gasteiger partial charge < -0.3 is 9.64 Å². The van der Waals surface area contributed by atoms with E-state index >= 15 is 0 Å². The fourth-order valence-electron chi connectivity index (χ4n) is 2.61. The Morgan fingerprint density at radius 3 is 2.53 bits per heavy atom. The lowest BCUT2D eigenvalue weighted by molar-refractivity contribution is 0.216. The molecule has 19 heavy (non-hydrogen) atoms. The van der Waals surface area contributed by atoms with Gasteiger partial charge in [0.1, 0.15) is 5.75 Å². The lowest BCUT2D eigenvalue weighted by atomic mass is 10.1. The highest BCUT2D eigenvalue weighted by molar-refractivity contribution is 5.33. The van der Waals surface area contributed by atoms with Gasteiger partial charge in [0, 0.05) is 0 Å². The van der Waals surface area contributed by atoms with E-state index in [2.05, 4.69) is 36.9 Å². The van der Waals surface area contributed by atoms with Crippen LogP contribution < -0.4 is 4.74 Å². The van der Waals surface area contributed by atoms with Crippen molar-refractivity contribution in [2.24, 2.45) is 0 Å². The minimum absolute atomic E-state index is 0.844. The van der Waals surface area contributed by atoms with E-state index in [9.17, 15) is 0 Å². The highest BCUT2D eigenvalue weighted by Crippen LogP contribution is 2.16. The van der Waals surface area contributed by atoms with Gasteiger partial charge in [-0.05, 0) is 82.4 Å². The summed E-state index contributed by atoms with van der Waals surface area (Å²) in [5, 5.41) is 0. The molecule has 0 unspecified atom stereocenters. The van der Waals surface area contributed by atoms with Gasteiger partial charge in [0.2, 0.25) is 0 Å². The summed E-state index contributed by atoms with van der Waals surface area (Å²) in [5.41, 5.74) is 2.64. The molecule has 1 fully saturated rings. The van der Waals surface area contributed by atoms with Crippen LogP contribution in [-0.4, -0.2) is 31.1 Å². The average Bonchev–Trinajstić information content (AvgIpc) is 2.43. The molecule has 0 saturated carbocycles. The molecule has 0 spiro atoms. The topological polar surface area (TPSA) is 12.5 Å². The van der Waals surface area contributed by atoms with Gasteiger partial charge in [-0.2, -0.15) is 0 Å². The van der Waals surface area contributed by atoms with Crippen LogP contribution in [0.25, 0.3) is 0 Å². The Labute approximate surface area is 117 Å². The first-order valence-electron chi connectivity index (χ1n) is 7.68. The minimum atomic E-state index is 0.844. The molecule has 2 heteroatoms. The Hall–Kier alpha value is -1.02. The largest absolute Gasteiger partial charge is 0.494 e. The van der Waals surface area contributed by atoms with Crippen molar-refractivity contribution >= 4 is 0 Å². The van der Waals surface area contributed by atoms with Crippen molar-refractivity contribution < 1.29 is 4.74 Å². The first kappa shape index (κ1) is 14.4. The molecule has 0 atom stereocenters. The zero-order valence-corrected chi connectivity index (χ0v) is 12.5. The molecule has 1 heterocycles. The molecule has 0 aliphatic carbocycles. The van der Waals surface area contributed by atoms with Crippen LogP contribution in [0.15, 0.2) is 18.2 Å². The van der Waals surface area contributed by atoms with Crippen molar-refractivity contribution in [3.8, 4) is 5.75 Å². The number of hydrogen-bond acceptors (Lipinski definition) is 2. The van der Waals surface area contributed by atoms with Gasteiger partial charge >= 0.3 is 0 Å². The Bertz CT molecular complexity index is 383.